The zero-order valence-corrected chi connectivity index (χ0v) is 12.4. The van der Waals surface area contributed by atoms with Gasteiger partial charge in [-0.15, -0.1) is 0 Å². The maximum absolute atomic E-state index is 6.17. The Bertz CT molecular complexity index is 633. The van der Waals surface area contributed by atoms with Crippen LogP contribution in [-0.4, -0.2) is 19.7 Å². The van der Waals surface area contributed by atoms with Gasteiger partial charge in [-0.2, -0.15) is 0 Å². The van der Waals surface area contributed by atoms with Crippen LogP contribution in [-0.2, 0) is 6.42 Å². The SMILES string of the molecule is CNC[C@H]1Cc2cccc(-c3cc(C)ccc3C)c2O1. The minimum absolute atomic E-state index is 0.251. The lowest BCUT2D eigenvalue weighted by Crippen LogP contribution is -2.27. The molecule has 1 aliphatic heterocycles. The molecular weight excluding hydrogens is 246 g/mol. The molecule has 0 aromatic heterocycles. The highest BCUT2D eigenvalue weighted by Gasteiger charge is 2.25. The van der Waals surface area contributed by atoms with Gasteiger partial charge in [-0.1, -0.05) is 42.0 Å². The summed E-state index contributed by atoms with van der Waals surface area (Å²) in [5.41, 5.74) is 6.41. The number of para-hydroxylation sites is 1. The number of hydrogen-bond donors (Lipinski definition) is 1. The summed E-state index contributed by atoms with van der Waals surface area (Å²) in [5.74, 6) is 1.07. The van der Waals surface area contributed by atoms with E-state index >= 15 is 0 Å². The van der Waals surface area contributed by atoms with E-state index in [1.165, 1.54) is 27.8 Å². The highest BCUT2D eigenvalue weighted by Crippen LogP contribution is 2.40. The van der Waals surface area contributed by atoms with Crippen molar-refractivity contribution in [3.63, 3.8) is 0 Å². The predicted molar refractivity (Wildman–Crippen MR) is 83.4 cm³/mol. The molecule has 1 atom stereocenters. The lowest BCUT2D eigenvalue weighted by Gasteiger charge is -2.14. The van der Waals surface area contributed by atoms with Gasteiger partial charge in [0.25, 0.3) is 0 Å². The van der Waals surface area contributed by atoms with E-state index < -0.39 is 0 Å². The summed E-state index contributed by atoms with van der Waals surface area (Å²) >= 11 is 0. The van der Waals surface area contributed by atoms with Crippen molar-refractivity contribution in [2.24, 2.45) is 0 Å². The third-order valence-electron chi connectivity index (χ3n) is 3.94. The van der Waals surface area contributed by atoms with Gasteiger partial charge in [0.2, 0.25) is 0 Å². The van der Waals surface area contributed by atoms with E-state index in [0.29, 0.717) is 0 Å². The molecule has 1 N–H and O–H groups in total. The van der Waals surface area contributed by atoms with Crippen LogP contribution >= 0.6 is 0 Å². The van der Waals surface area contributed by atoms with Crippen molar-refractivity contribution >= 4 is 0 Å². The summed E-state index contributed by atoms with van der Waals surface area (Å²) in [4.78, 5) is 0. The molecule has 0 saturated carbocycles. The van der Waals surface area contributed by atoms with Crippen molar-refractivity contribution in [3.8, 4) is 16.9 Å². The molecule has 20 heavy (non-hydrogen) atoms. The minimum Gasteiger partial charge on any atom is -0.488 e. The maximum Gasteiger partial charge on any atom is 0.130 e. The highest BCUT2D eigenvalue weighted by molar-refractivity contribution is 5.76. The molecule has 0 aliphatic carbocycles. The van der Waals surface area contributed by atoms with Gasteiger partial charge in [-0.3, -0.25) is 0 Å². The number of benzene rings is 2. The maximum atomic E-state index is 6.17. The van der Waals surface area contributed by atoms with Crippen LogP contribution in [0.15, 0.2) is 36.4 Å². The molecule has 0 bridgehead atoms. The molecule has 2 aromatic carbocycles. The van der Waals surface area contributed by atoms with Crippen LogP contribution in [0.25, 0.3) is 11.1 Å². The normalized spacial score (nSPS) is 16.9. The highest BCUT2D eigenvalue weighted by atomic mass is 16.5. The third-order valence-corrected chi connectivity index (χ3v) is 3.94. The Morgan fingerprint density at radius 3 is 2.80 bits per heavy atom. The van der Waals surface area contributed by atoms with Gasteiger partial charge in [-0.25, -0.2) is 0 Å². The summed E-state index contributed by atoms with van der Waals surface area (Å²) in [5, 5.41) is 3.20. The van der Waals surface area contributed by atoms with Gasteiger partial charge in [0.15, 0.2) is 0 Å². The van der Waals surface area contributed by atoms with Crippen LogP contribution in [0.4, 0.5) is 0 Å². The molecule has 0 unspecified atom stereocenters. The number of aryl methyl sites for hydroxylation is 2. The molecule has 0 radical (unpaired) electrons. The molecule has 1 aliphatic rings. The van der Waals surface area contributed by atoms with Crippen molar-refractivity contribution in [2.45, 2.75) is 26.4 Å². The molecule has 2 heteroatoms. The smallest absolute Gasteiger partial charge is 0.130 e. The first-order valence-corrected chi connectivity index (χ1v) is 7.20. The largest absolute Gasteiger partial charge is 0.488 e. The molecule has 3 rings (SSSR count). The first kappa shape index (κ1) is 13.2. The van der Waals surface area contributed by atoms with E-state index in [2.05, 4.69) is 55.6 Å². The number of nitrogens with one attached hydrogen (secondary N) is 1. The van der Waals surface area contributed by atoms with Gasteiger partial charge in [0.05, 0.1) is 0 Å². The van der Waals surface area contributed by atoms with E-state index in [1.807, 2.05) is 7.05 Å². The zero-order valence-electron chi connectivity index (χ0n) is 12.4. The van der Waals surface area contributed by atoms with Crippen molar-refractivity contribution in [1.82, 2.24) is 5.32 Å². The Morgan fingerprint density at radius 1 is 1.15 bits per heavy atom. The van der Waals surface area contributed by atoms with Crippen LogP contribution in [0.2, 0.25) is 0 Å². The van der Waals surface area contributed by atoms with Crippen molar-refractivity contribution in [2.75, 3.05) is 13.6 Å². The molecular formula is C18H21NO. The summed E-state index contributed by atoms with van der Waals surface area (Å²) in [6.07, 6.45) is 1.25. The molecule has 0 spiro atoms. The van der Waals surface area contributed by atoms with E-state index in [-0.39, 0.29) is 6.10 Å². The van der Waals surface area contributed by atoms with Gasteiger partial charge in [-0.05, 0) is 37.6 Å². The zero-order chi connectivity index (χ0) is 14.1. The van der Waals surface area contributed by atoms with Crippen LogP contribution in [0.3, 0.4) is 0 Å². The molecule has 0 amide bonds. The third kappa shape index (κ3) is 2.32. The Balaban J connectivity index is 2.05. The quantitative estimate of drug-likeness (QED) is 0.919. The van der Waals surface area contributed by atoms with Gasteiger partial charge >= 0.3 is 0 Å². The topological polar surface area (TPSA) is 21.3 Å². The van der Waals surface area contributed by atoms with Crippen molar-refractivity contribution in [1.29, 1.82) is 0 Å². The molecule has 1 heterocycles. The van der Waals surface area contributed by atoms with Crippen molar-refractivity contribution in [3.05, 3.63) is 53.1 Å². The number of hydrogen-bond acceptors (Lipinski definition) is 2. The molecule has 0 saturated heterocycles. The summed E-state index contributed by atoms with van der Waals surface area (Å²) in [6.45, 7) is 5.19. The van der Waals surface area contributed by atoms with E-state index in [1.54, 1.807) is 0 Å². The molecule has 0 fully saturated rings. The van der Waals surface area contributed by atoms with Crippen LogP contribution in [0, 0.1) is 13.8 Å². The second-order valence-electron chi connectivity index (χ2n) is 5.61. The summed E-state index contributed by atoms with van der Waals surface area (Å²) < 4.78 is 6.17. The van der Waals surface area contributed by atoms with E-state index in [0.717, 1.165) is 18.7 Å². The van der Waals surface area contributed by atoms with Crippen molar-refractivity contribution < 1.29 is 4.74 Å². The lowest BCUT2D eigenvalue weighted by molar-refractivity contribution is 0.232. The average molecular weight is 267 g/mol. The summed E-state index contributed by atoms with van der Waals surface area (Å²) in [7, 11) is 1.97. The number of rotatable bonds is 3. The first-order valence-electron chi connectivity index (χ1n) is 7.20. The van der Waals surface area contributed by atoms with Gasteiger partial charge in [0, 0.05) is 18.5 Å². The van der Waals surface area contributed by atoms with Crippen LogP contribution in [0.5, 0.6) is 5.75 Å². The number of likely N-dealkylation sites (N-methyl/N-ethyl adjacent to an activating group) is 1. The Labute approximate surface area is 120 Å². The second kappa shape index (κ2) is 5.29. The Hall–Kier alpha value is -1.80. The molecule has 2 aromatic rings. The minimum atomic E-state index is 0.251. The van der Waals surface area contributed by atoms with E-state index in [4.69, 9.17) is 4.74 Å². The van der Waals surface area contributed by atoms with Gasteiger partial charge in [0.1, 0.15) is 11.9 Å². The van der Waals surface area contributed by atoms with Crippen LogP contribution < -0.4 is 10.1 Å². The first-order chi connectivity index (χ1) is 9.69. The fraction of sp³-hybridized carbons (Fsp3) is 0.333. The molecule has 104 valence electrons. The van der Waals surface area contributed by atoms with Crippen LogP contribution in [0.1, 0.15) is 16.7 Å². The lowest BCUT2D eigenvalue weighted by atomic mass is 9.96. The summed E-state index contributed by atoms with van der Waals surface area (Å²) in [6, 6.07) is 13.1. The van der Waals surface area contributed by atoms with Gasteiger partial charge < -0.3 is 10.1 Å². The Kier molecular flexibility index (Phi) is 3.49. The fourth-order valence-corrected chi connectivity index (χ4v) is 2.92. The predicted octanol–water partition coefficient (Wildman–Crippen LogP) is 3.49. The second-order valence-corrected chi connectivity index (χ2v) is 5.61. The number of fused-ring (bicyclic) bond motifs is 1. The standard InChI is InChI=1S/C18H21NO/c1-12-7-8-13(2)17(9-12)16-6-4-5-14-10-15(11-19-3)20-18(14)16/h4-9,15,19H,10-11H2,1-3H3/t15-/m1/s1. The fourth-order valence-electron chi connectivity index (χ4n) is 2.92. The average Bonchev–Trinajstić information content (AvgIpc) is 2.84. The number of ether oxygens (including phenoxy) is 1. The monoisotopic (exact) mass is 267 g/mol. The van der Waals surface area contributed by atoms with E-state index in [9.17, 15) is 0 Å². The Morgan fingerprint density at radius 2 is 2.00 bits per heavy atom. The molecule has 2 nitrogen and oxygen atoms in total.